The van der Waals surface area contributed by atoms with Gasteiger partial charge < -0.3 is 15.6 Å². The fraction of sp³-hybridized carbons (Fsp3) is 0.857. The van der Waals surface area contributed by atoms with Gasteiger partial charge in [0.2, 0.25) is 0 Å². The lowest BCUT2D eigenvalue weighted by Crippen LogP contribution is -2.34. The number of nitrogens with two attached hydrogens (primary N) is 1. The molecule has 4 nitrogen and oxygen atoms in total. The summed E-state index contributed by atoms with van der Waals surface area (Å²) in [5.74, 6) is -0.972. The molecule has 0 radical (unpaired) electrons. The quantitative estimate of drug-likeness (QED) is 0.604. The minimum Gasteiger partial charge on any atom is -0.480 e. The molecular weight excluding hydrogens is 146 g/mol. The first-order valence-electron chi connectivity index (χ1n) is 3.63. The van der Waals surface area contributed by atoms with Crippen LogP contribution in [0.2, 0.25) is 0 Å². The number of carboxylic acid groups (broad SMARTS) is 1. The van der Waals surface area contributed by atoms with Crippen LogP contribution in [-0.2, 0) is 9.53 Å². The van der Waals surface area contributed by atoms with Crippen molar-refractivity contribution in [2.45, 2.75) is 31.9 Å². The second-order valence-electron chi connectivity index (χ2n) is 2.45. The molecule has 66 valence electrons. The van der Waals surface area contributed by atoms with Crippen LogP contribution in [0.1, 0.15) is 19.8 Å². The van der Waals surface area contributed by atoms with E-state index < -0.39 is 12.0 Å². The maximum absolute atomic E-state index is 10.3. The summed E-state index contributed by atoms with van der Waals surface area (Å²) >= 11 is 0. The van der Waals surface area contributed by atoms with Gasteiger partial charge in [-0.25, -0.2) is 0 Å². The lowest BCUT2D eigenvalue weighted by molar-refractivity contribution is -0.139. The zero-order valence-corrected chi connectivity index (χ0v) is 6.91. The molecule has 0 aromatic carbocycles. The number of rotatable bonds is 5. The Balaban J connectivity index is 3.71. The van der Waals surface area contributed by atoms with Gasteiger partial charge in [-0.3, -0.25) is 4.79 Å². The molecule has 2 unspecified atom stereocenters. The van der Waals surface area contributed by atoms with E-state index in [4.69, 9.17) is 15.6 Å². The van der Waals surface area contributed by atoms with Gasteiger partial charge in [-0.2, -0.15) is 0 Å². The smallest absolute Gasteiger partial charge is 0.320 e. The standard InChI is InChI=1S/C7H15NO3/c1-3-5(11-2)4-6(8)7(9)10/h5-6H,3-4,8H2,1-2H3,(H,9,10). The van der Waals surface area contributed by atoms with Crippen LogP contribution in [0.4, 0.5) is 0 Å². The lowest BCUT2D eigenvalue weighted by atomic mass is 10.1. The Morgan fingerprint density at radius 3 is 2.55 bits per heavy atom. The fourth-order valence-electron chi connectivity index (χ4n) is 0.814. The number of aliphatic carboxylic acids is 1. The highest BCUT2D eigenvalue weighted by atomic mass is 16.5. The van der Waals surface area contributed by atoms with Gasteiger partial charge in [-0.15, -0.1) is 0 Å². The zero-order chi connectivity index (χ0) is 8.85. The number of hydrogen-bond donors (Lipinski definition) is 2. The van der Waals surface area contributed by atoms with Gasteiger partial charge in [0.25, 0.3) is 0 Å². The molecule has 0 heterocycles. The Kier molecular flexibility index (Phi) is 4.81. The average molecular weight is 161 g/mol. The van der Waals surface area contributed by atoms with Gasteiger partial charge in [0, 0.05) is 7.11 Å². The highest BCUT2D eigenvalue weighted by molar-refractivity contribution is 5.73. The fourth-order valence-corrected chi connectivity index (χ4v) is 0.814. The van der Waals surface area contributed by atoms with Crippen LogP contribution in [0, 0.1) is 0 Å². The number of carboxylic acids is 1. The molecule has 0 aliphatic heterocycles. The molecule has 0 saturated carbocycles. The summed E-state index contributed by atoms with van der Waals surface area (Å²) in [5, 5.41) is 8.44. The predicted molar refractivity (Wildman–Crippen MR) is 41.3 cm³/mol. The second-order valence-corrected chi connectivity index (χ2v) is 2.45. The van der Waals surface area contributed by atoms with Crippen molar-refractivity contribution in [1.82, 2.24) is 0 Å². The molecule has 0 spiro atoms. The second kappa shape index (κ2) is 5.09. The van der Waals surface area contributed by atoms with Gasteiger partial charge in [-0.1, -0.05) is 6.92 Å². The SMILES string of the molecule is CCC(CC(N)C(=O)O)OC. The molecule has 3 N–H and O–H groups in total. The summed E-state index contributed by atoms with van der Waals surface area (Å²) in [6.45, 7) is 1.93. The van der Waals surface area contributed by atoms with Gasteiger partial charge >= 0.3 is 5.97 Å². The molecule has 0 fully saturated rings. The number of carbonyl (C=O) groups is 1. The van der Waals surface area contributed by atoms with Gasteiger partial charge in [0.1, 0.15) is 6.04 Å². The van der Waals surface area contributed by atoms with Crippen molar-refractivity contribution >= 4 is 5.97 Å². The number of methoxy groups -OCH3 is 1. The van der Waals surface area contributed by atoms with Gasteiger partial charge in [0.15, 0.2) is 0 Å². The number of ether oxygens (including phenoxy) is 1. The van der Waals surface area contributed by atoms with Crippen LogP contribution in [0.25, 0.3) is 0 Å². The molecule has 0 aliphatic rings. The van der Waals surface area contributed by atoms with Gasteiger partial charge in [-0.05, 0) is 12.8 Å². The average Bonchev–Trinajstić information content (AvgIpc) is 1.99. The summed E-state index contributed by atoms with van der Waals surface area (Å²) in [6.07, 6.45) is 1.13. The normalized spacial score (nSPS) is 15.9. The van der Waals surface area contributed by atoms with Crippen molar-refractivity contribution in [2.24, 2.45) is 5.73 Å². The monoisotopic (exact) mass is 161 g/mol. The molecule has 0 aromatic rings. The minimum absolute atomic E-state index is 0.0406. The zero-order valence-electron chi connectivity index (χ0n) is 6.91. The Morgan fingerprint density at radius 1 is 1.73 bits per heavy atom. The van der Waals surface area contributed by atoms with Crippen LogP contribution in [0.15, 0.2) is 0 Å². The first kappa shape index (κ1) is 10.4. The third kappa shape index (κ3) is 3.95. The van der Waals surface area contributed by atoms with E-state index in [9.17, 15) is 4.79 Å². The lowest BCUT2D eigenvalue weighted by Gasteiger charge is -2.14. The molecule has 0 saturated heterocycles. The van der Waals surface area contributed by atoms with E-state index in [1.807, 2.05) is 6.92 Å². The van der Waals surface area contributed by atoms with Crippen LogP contribution in [-0.4, -0.2) is 30.3 Å². The minimum atomic E-state index is -0.972. The highest BCUT2D eigenvalue weighted by Crippen LogP contribution is 2.04. The summed E-state index contributed by atoms with van der Waals surface area (Å²) in [5.41, 5.74) is 5.29. The molecule has 0 bridgehead atoms. The Hall–Kier alpha value is -0.610. The largest absolute Gasteiger partial charge is 0.480 e. The topological polar surface area (TPSA) is 72.6 Å². The number of hydrogen-bond acceptors (Lipinski definition) is 3. The van der Waals surface area contributed by atoms with Crippen LogP contribution in [0.5, 0.6) is 0 Å². The highest BCUT2D eigenvalue weighted by Gasteiger charge is 2.16. The molecule has 0 aromatic heterocycles. The first-order chi connectivity index (χ1) is 5.11. The van der Waals surface area contributed by atoms with E-state index in [1.54, 1.807) is 7.11 Å². The summed E-state index contributed by atoms with van der Waals surface area (Å²) < 4.78 is 4.98. The van der Waals surface area contributed by atoms with Crippen molar-refractivity contribution in [3.05, 3.63) is 0 Å². The first-order valence-corrected chi connectivity index (χ1v) is 3.63. The van der Waals surface area contributed by atoms with Crippen molar-refractivity contribution in [3.8, 4) is 0 Å². The Labute approximate surface area is 66.3 Å². The third-order valence-corrected chi connectivity index (χ3v) is 1.62. The maximum Gasteiger partial charge on any atom is 0.320 e. The van der Waals surface area contributed by atoms with Crippen molar-refractivity contribution in [2.75, 3.05) is 7.11 Å². The maximum atomic E-state index is 10.3. The Morgan fingerprint density at radius 2 is 2.27 bits per heavy atom. The van der Waals surface area contributed by atoms with Crippen molar-refractivity contribution in [3.63, 3.8) is 0 Å². The predicted octanol–water partition coefficient (Wildman–Crippen LogP) is 0.213. The summed E-state index contributed by atoms with van der Waals surface area (Å²) in [7, 11) is 1.56. The summed E-state index contributed by atoms with van der Waals surface area (Å²) in [6, 6.07) is -0.806. The van der Waals surface area contributed by atoms with E-state index in [0.29, 0.717) is 6.42 Å². The van der Waals surface area contributed by atoms with Crippen LogP contribution < -0.4 is 5.73 Å². The third-order valence-electron chi connectivity index (χ3n) is 1.62. The van der Waals surface area contributed by atoms with Crippen molar-refractivity contribution < 1.29 is 14.6 Å². The van der Waals surface area contributed by atoms with E-state index >= 15 is 0 Å². The Bertz CT molecular complexity index is 123. The van der Waals surface area contributed by atoms with Gasteiger partial charge in [0.05, 0.1) is 6.10 Å². The molecule has 0 amide bonds. The van der Waals surface area contributed by atoms with Crippen LogP contribution in [0.3, 0.4) is 0 Å². The van der Waals surface area contributed by atoms with Crippen LogP contribution >= 0.6 is 0 Å². The molecule has 0 rings (SSSR count). The van der Waals surface area contributed by atoms with E-state index in [1.165, 1.54) is 0 Å². The van der Waals surface area contributed by atoms with E-state index in [0.717, 1.165) is 6.42 Å². The molecule has 4 heteroatoms. The van der Waals surface area contributed by atoms with Crippen molar-refractivity contribution in [1.29, 1.82) is 0 Å². The molecule has 0 aliphatic carbocycles. The van der Waals surface area contributed by atoms with E-state index in [2.05, 4.69) is 0 Å². The molecule has 2 atom stereocenters. The summed E-state index contributed by atoms with van der Waals surface area (Å²) in [4.78, 5) is 10.3. The molecule has 11 heavy (non-hydrogen) atoms. The molecular formula is C7H15NO3. The van der Waals surface area contributed by atoms with E-state index in [-0.39, 0.29) is 6.10 Å².